The first-order chi connectivity index (χ1) is 12.4. The van der Waals surface area contributed by atoms with E-state index in [0.717, 1.165) is 19.3 Å². The van der Waals surface area contributed by atoms with Gasteiger partial charge < -0.3 is 35.0 Å². The van der Waals surface area contributed by atoms with Crippen LogP contribution in [-0.4, -0.2) is 74.9 Å². The number of hydrogen-bond acceptors (Lipinski definition) is 7. The lowest BCUT2D eigenvalue weighted by atomic mass is 9.88. The van der Waals surface area contributed by atoms with Crippen LogP contribution in [0.4, 0.5) is 0 Å². The Hall–Kier alpha value is -1.03. The van der Waals surface area contributed by atoms with E-state index < -0.39 is 49.4 Å². The summed E-state index contributed by atoms with van der Waals surface area (Å²) in [5.41, 5.74) is 0. The van der Waals surface area contributed by atoms with Gasteiger partial charge in [-0.05, 0) is 37.5 Å². The van der Waals surface area contributed by atoms with Gasteiger partial charge in [0.25, 0.3) is 0 Å². The fraction of sp³-hybridized carbons (Fsp3) is 0.833. The highest BCUT2D eigenvalue weighted by Gasteiger charge is 2.47. The van der Waals surface area contributed by atoms with Crippen LogP contribution in [0.15, 0.2) is 12.2 Å². The van der Waals surface area contributed by atoms with Crippen molar-refractivity contribution in [1.82, 2.24) is 0 Å². The second kappa shape index (κ2) is 9.77. The van der Waals surface area contributed by atoms with Gasteiger partial charge in [-0.3, -0.25) is 4.79 Å². The molecule has 0 bridgehead atoms. The molecule has 8 atom stereocenters. The third-order valence-corrected chi connectivity index (χ3v) is 5.31. The molecule has 1 aliphatic heterocycles. The molecule has 1 saturated heterocycles. The van der Waals surface area contributed by atoms with Crippen LogP contribution in [0.25, 0.3) is 0 Å². The molecule has 26 heavy (non-hydrogen) atoms. The van der Waals surface area contributed by atoms with Crippen molar-refractivity contribution in [2.45, 2.75) is 75.8 Å². The van der Waals surface area contributed by atoms with Crippen molar-refractivity contribution in [3.63, 3.8) is 0 Å². The fourth-order valence-electron chi connectivity index (χ4n) is 3.86. The second-order valence-electron chi connectivity index (χ2n) is 7.09. The van der Waals surface area contributed by atoms with Crippen molar-refractivity contribution < 1.29 is 39.8 Å². The maximum absolute atomic E-state index is 11.3. The van der Waals surface area contributed by atoms with E-state index in [-0.39, 0.29) is 18.3 Å². The Morgan fingerprint density at radius 1 is 1.15 bits per heavy atom. The zero-order valence-corrected chi connectivity index (χ0v) is 15.0. The first-order valence-corrected chi connectivity index (χ1v) is 9.21. The number of aliphatic hydroxyl groups is 4. The lowest BCUT2D eigenvalue weighted by Gasteiger charge is -2.41. The molecule has 150 valence electrons. The van der Waals surface area contributed by atoms with Crippen molar-refractivity contribution in [3.05, 3.63) is 12.2 Å². The van der Waals surface area contributed by atoms with Crippen molar-refractivity contribution in [3.8, 4) is 0 Å². The molecule has 1 saturated carbocycles. The number of hydrogen-bond donors (Lipinski definition) is 5. The van der Waals surface area contributed by atoms with Gasteiger partial charge >= 0.3 is 5.97 Å². The predicted octanol–water partition coefficient (Wildman–Crippen LogP) is 0.0287. The first-order valence-electron chi connectivity index (χ1n) is 9.21. The number of ether oxygens (including phenoxy) is 2. The molecule has 0 aromatic heterocycles. The van der Waals surface area contributed by atoms with Gasteiger partial charge in [0.1, 0.15) is 24.4 Å². The molecule has 8 heteroatoms. The third kappa shape index (κ3) is 5.03. The van der Waals surface area contributed by atoms with E-state index in [4.69, 9.17) is 9.47 Å². The van der Waals surface area contributed by atoms with Gasteiger partial charge in [-0.2, -0.15) is 0 Å². The van der Waals surface area contributed by atoms with E-state index in [2.05, 4.69) is 6.08 Å². The Morgan fingerprint density at radius 3 is 2.50 bits per heavy atom. The highest BCUT2D eigenvalue weighted by atomic mass is 16.7. The molecule has 0 aromatic rings. The Bertz CT molecular complexity index is 480. The molecule has 2 aliphatic rings. The molecule has 5 N–H and O–H groups in total. The summed E-state index contributed by atoms with van der Waals surface area (Å²) in [7, 11) is 0. The van der Waals surface area contributed by atoms with Gasteiger partial charge in [-0.1, -0.05) is 19.1 Å². The monoisotopic (exact) mass is 374 g/mol. The maximum Gasteiger partial charge on any atom is 0.303 e. The van der Waals surface area contributed by atoms with Gasteiger partial charge in [0.2, 0.25) is 0 Å². The number of aliphatic carboxylic acids is 1. The van der Waals surface area contributed by atoms with Crippen LogP contribution in [0.5, 0.6) is 0 Å². The average molecular weight is 374 g/mol. The van der Waals surface area contributed by atoms with Crippen LogP contribution in [0, 0.1) is 11.8 Å². The molecule has 0 radical (unpaired) electrons. The number of carboxylic acid groups (broad SMARTS) is 1. The number of rotatable bonds is 8. The summed E-state index contributed by atoms with van der Waals surface area (Å²) in [6.07, 6.45) is 0.0236. The third-order valence-electron chi connectivity index (χ3n) is 5.31. The molecule has 1 heterocycles. The largest absolute Gasteiger partial charge is 0.481 e. The quantitative estimate of drug-likeness (QED) is 0.375. The van der Waals surface area contributed by atoms with E-state index in [0.29, 0.717) is 6.42 Å². The summed E-state index contributed by atoms with van der Waals surface area (Å²) in [6.45, 7) is 1.50. The zero-order valence-electron chi connectivity index (χ0n) is 15.0. The highest BCUT2D eigenvalue weighted by Crippen LogP contribution is 2.40. The van der Waals surface area contributed by atoms with E-state index in [1.54, 1.807) is 0 Å². The van der Waals surface area contributed by atoms with Gasteiger partial charge in [-0.15, -0.1) is 0 Å². The van der Waals surface area contributed by atoms with Crippen LogP contribution in [0.3, 0.4) is 0 Å². The van der Waals surface area contributed by atoms with Crippen molar-refractivity contribution in [2.75, 3.05) is 6.61 Å². The van der Waals surface area contributed by atoms with E-state index in [9.17, 15) is 30.3 Å². The Balaban J connectivity index is 2.05. The van der Waals surface area contributed by atoms with Crippen LogP contribution >= 0.6 is 0 Å². The summed E-state index contributed by atoms with van der Waals surface area (Å²) in [5, 5.41) is 48.3. The molecule has 2 rings (SSSR count). The molecule has 0 spiro atoms. The summed E-state index contributed by atoms with van der Waals surface area (Å²) in [4.78, 5) is 11.3. The van der Waals surface area contributed by atoms with Gasteiger partial charge in [0.05, 0.1) is 19.1 Å². The Kier molecular flexibility index (Phi) is 8.00. The standard InChI is InChI=1S/C18H30O8/c1-2-3-4-5-10-6-7-12(11(10)8-14(20)21)25-18-17(24)16(23)15(22)13(9-19)26-18/h3-4,10-13,15-19,22-24H,2,5-9H2,1H3,(H,20,21)/b4-3-/t10-,11+,12+,13-,15-,16+,17+,18+/m1/s1. The Labute approximate surface area is 153 Å². The van der Waals surface area contributed by atoms with Crippen LogP contribution < -0.4 is 0 Å². The van der Waals surface area contributed by atoms with Gasteiger partial charge in [0, 0.05) is 0 Å². The zero-order chi connectivity index (χ0) is 19.3. The molecule has 0 unspecified atom stereocenters. The molecule has 8 nitrogen and oxygen atoms in total. The number of aliphatic hydroxyl groups excluding tert-OH is 4. The first kappa shape index (κ1) is 21.3. The van der Waals surface area contributed by atoms with Crippen LogP contribution in [0.1, 0.15) is 39.0 Å². The second-order valence-corrected chi connectivity index (χ2v) is 7.09. The summed E-state index contributed by atoms with van der Waals surface area (Å²) in [5.74, 6) is -0.992. The fourth-order valence-corrected chi connectivity index (χ4v) is 3.86. The molecular formula is C18H30O8. The van der Waals surface area contributed by atoms with Crippen molar-refractivity contribution >= 4 is 5.97 Å². The normalized spacial score (nSPS) is 41.0. The topological polar surface area (TPSA) is 137 Å². The molecule has 0 amide bonds. The van der Waals surface area contributed by atoms with Gasteiger partial charge in [-0.25, -0.2) is 0 Å². The maximum atomic E-state index is 11.3. The summed E-state index contributed by atoms with van der Waals surface area (Å²) in [6, 6.07) is 0. The summed E-state index contributed by atoms with van der Waals surface area (Å²) >= 11 is 0. The minimum atomic E-state index is -1.51. The Morgan fingerprint density at radius 2 is 1.88 bits per heavy atom. The van der Waals surface area contributed by atoms with Crippen LogP contribution in [-0.2, 0) is 14.3 Å². The molecule has 2 fully saturated rings. The van der Waals surface area contributed by atoms with E-state index in [1.165, 1.54) is 0 Å². The minimum absolute atomic E-state index is 0.0489. The van der Waals surface area contributed by atoms with E-state index >= 15 is 0 Å². The highest BCUT2D eigenvalue weighted by molar-refractivity contribution is 5.67. The average Bonchev–Trinajstić information content (AvgIpc) is 2.97. The molecule has 1 aliphatic carbocycles. The predicted molar refractivity (Wildman–Crippen MR) is 91.2 cm³/mol. The van der Waals surface area contributed by atoms with E-state index in [1.807, 2.05) is 13.0 Å². The lowest BCUT2D eigenvalue weighted by molar-refractivity contribution is -0.314. The molecular weight excluding hydrogens is 344 g/mol. The smallest absolute Gasteiger partial charge is 0.303 e. The summed E-state index contributed by atoms with van der Waals surface area (Å²) < 4.78 is 11.2. The number of allylic oxidation sites excluding steroid dienone is 2. The minimum Gasteiger partial charge on any atom is -0.481 e. The number of carboxylic acids is 1. The SMILES string of the molecule is CC/C=C\C[C@@H]1CC[C@H](O[C@H]2O[C@H](CO)[C@@H](O)[C@H](O)[C@@H]2O)[C@H]1CC(=O)O. The van der Waals surface area contributed by atoms with Crippen LogP contribution in [0.2, 0.25) is 0 Å². The van der Waals surface area contributed by atoms with Crippen molar-refractivity contribution in [1.29, 1.82) is 0 Å². The number of carbonyl (C=O) groups is 1. The molecule has 0 aromatic carbocycles. The van der Waals surface area contributed by atoms with Gasteiger partial charge in [0.15, 0.2) is 6.29 Å². The van der Waals surface area contributed by atoms with Crippen molar-refractivity contribution in [2.24, 2.45) is 11.8 Å². The lowest BCUT2D eigenvalue weighted by Crippen LogP contribution is -2.59.